The molecular formula is C13H17BrN2O4S. The van der Waals surface area contributed by atoms with E-state index in [0.29, 0.717) is 29.7 Å². The molecule has 116 valence electrons. The molecule has 1 heterocycles. The van der Waals surface area contributed by atoms with Crippen LogP contribution >= 0.6 is 15.9 Å². The summed E-state index contributed by atoms with van der Waals surface area (Å²) in [5.74, 6) is -1.15. The topological polar surface area (TPSA) is 86.7 Å². The minimum absolute atomic E-state index is 0.0426. The first-order chi connectivity index (χ1) is 9.84. The molecule has 1 fully saturated rings. The van der Waals surface area contributed by atoms with Crippen molar-refractivity contribution in [3.63, 3.8) is 0 Å². The van der Waals surface area contributed by atoms with Crippen molar-refractivity contribution in [2.75, 3.05) is 26.2 Å². The minimum Gasteiger partial charge on any atom is -0.478 e. The summed E-state index contributed by atoms with van der Waals surface area (Å²) >= 11 is 3.24. The zero-order chi connectivity index (χ0) is 15.6. The smallest absolute Gasteiger partial charge is 0.335 e. The van der Waals surface area contributed by atoms with Gasteiger partial charge in [0.2, 0.25) is 10.0 Å². The van der Waals surface area contributed by atoms with Gasteiger partial charge in [0.1, 0.15) is 0 Å². The van der Waals surface area contributed by atoms with E-state index in [1.165, 1.54) is 16.4 Å². The lowest BCUT2D eigenvalue weighted by molar-refractivity contribution is 0.0696. The van der Waals surface area contributed by atoms with Crippen LogP contribution in [0.15, 0.2) is 21.5 Å². The molecule has 1 aromatic carbocycles. The van der Waals surface area contributed by atoms with Crippen LogP contribution in [0.5, 0.6) is 0 Å². The molecule has 6 nitrogen and oxygen atoms in total. The van der Waals surface area contributed by atoms with Crippen molar-refractivity contribution in [3.05, 3.63) is 27.7 Å². The summed E-state index contributed by atoms with van der Waals surface area (Å²) in [6.45, 7) is 3.86. The van der Waals surface area contributed by atoms with Crippen molar-refractivity contribution < 1.29 is 18.3 Å². The third-order valence-electron chi connectivity index (χ3n) is 3.46. The summed E-state index contributed by atoms with van der Waals surface area (Å²) in [4.78, 5) is 11.2. The maximum atomic E-state index is 12.8. The zero-order valence-electron chi connectivity index (χ0n) is 11.6. The monoisotopic (exact) mass is 376 g/mol. The highest BCUT2D eigenvalue weighted by Gasteiger charge is 2.28. The highest BCUT2D eigenvalue weighted by Crippen LogP contribution is 2.28. The van der Waals surface area contributed by atoms with E-state index in [-0.39, 0.29) is 10.5 Å². The number of benzene rings is 1. The van der Waals surface area contributed by atoms with Crippen LogP contribution in [-0.2, 0) is 10.0 Å². The first-order valence-corrected chi connectivity index (χ1v) is 8.81. The quantitative estimate of drug-likeness (QED) is 0.833. The molecule has 0 saturated carbocycles. The molecule has 8 heteroatoms. The summed E-state index contributed by atoms with van der Waals surface area (Å²) in [7, 11) is -3.69. The molecule has 0 amide bonds. The Morgan fingerprint density at radius 3 is 2.71 bits per heavy atom. The van der Waals surface area contributed by atoms with Crippen LogP contribution in [0.2, 0.25) is 0 Å². The standard InChI is InChI=1S/C13H17BrN2O4S/c1-9-11(14)7-10(13(17)18)8-12(9)21(19,20)16-5-2-3-15-4-6-16/h7-8,15H,2-6H2,1H3,(H,17,18). The summed E-state index contributed by atoms with van der Waals surface area (Å²) in [5, 5.41) is 12.3. The number of rotatable bonds is 3. The fourth-order valence-corrected chi connectivity index (χ4v) is 4.59. The van der Waals surface area contributed by atoms with E-state index in [1.807, 2.05) is 0 Å². The van der Waals surface area contributed by atoms with Gasteiger partial charge in [-0.3, -0.25) is 0 Å². The Morgan fingerprint density at radius 2 is 2.05 bits per heavy atom. The summed E-state index contributed by atoms with van der Waals surface area (Å²) < 4.78 is 27.4. The van der Waals surface area contributed by atoms with Gasteiger partial charge < -0.3 is 10.4 Å². The van der Waals surface area contributed by atoms with Gasteiger partial charge in [-0.25, -0.2) is 13.2 Å². The third-order valence-corrected chi connectivity index (χ3v) is 6.31. The lowest BCUT2D eigenvalue weighted by Gasteiger charge is -2.21. The van der Waals surface area contributed by atoms with Gasteiger partial charge in [0, 0.05) is 24.1 Å². The van der Waals surface area contributed by atoms with Crippen molar-refractivity contribution in [1.29, 1.82) is 0 Å². The molecule has 0 radical (unpaired) electrons. The van der Waals surface area contributed by atoms with Crippen LogP contribution < -0.4 is 5.32 Å². The van der Waals surface area contributed by atoms with Gasteiger partial charge >= 0.3 is 5.97 Å². The third kappa shape index (κ3) is 3.45. The van der Waals surface area contributed by atoms with Crippen molar-refractivity contribution >= 4 is 31.9 Å². The molecule has 1 saturated heterocycles. The van der Waals surface area contributed by atoms with Crippen LogP contribution in [0, 0.1) is 6.92 Å². The van der Waals surface area contributed by atoms with E-state index in [0.717, 1.165) is 13.0 Å². The van der Waals surface area contributed by atoms with Gasteiger partial charge in [0.25, 0.3) is 0 Å². The Morgan fingerprint density at radius 1 is 1.33 bits per heavy atom. The van der Waals surface area contributed by atoms with Gasteiger partial charge in [0.05, 0.1) is 10.5 Å². The van der Waals surface area contributed by atoms with Crippen molar-refractivity contribution in [1.82, 2.24) is 9.62 Å². The molecule has 21 heavy (non-hydrogen) atoms. The van der Waals surface area contributed by atoms with Gasteiger partial charge in [-0.2, -0.15) is 4.31 Å². The lowest BCUT2D eigenvalue weighted by Crippen LogP contribution is -2.34. The van der Waals surface area contributed by atoms with Gasteiger partial charge in [-0.1, -0.05) is 15.9 Å². The Bertz CT molecular complexity index is 652. The maximum absolute atomic E-state index is 12.8. The van der Waals surface area contributed by atoms with Crippen molar-refractivity contribution in [2.24, 2.45) is 0 Å². The Labute approximate surface area is 132 Å². The number of halogens is 1. The predicted molar refractivity (Wildman–Crippen MR) is 82.1 cm³/mol. The van der Waals surface area contributed by atoms with E-state index in [4.69, 9.17) is 5.11 Å². The lowest BCUT2D eigenvalue weighted by atomic mass is 10.1. The second-order valence-corrected chi connectivity index (χ2v) is 7.65. The van der Waals surface area contributed by atoms with Crippen LogP contribution in [-0.4, -0.2) is 50.0 Å². The summed E-state index contributed by atoms with van der Waals surface area (Å²) in [5.41, 5.74) is 0.483. The minimum atomic E-state index is -3.69. The number of sulfonamides is 1. The van der Waals surface area contributed by atoms with Crippen LogP contribution in [0.25, 0.3) is 0 Å². The summed E-state index contributed by atoms with van der Waals surface area (Å²) in [6.07, 6.45) is 0.734. The Balaban J connectivity index is 2.50. The fraction of sp³-hybridized carbons (Fsp3) is 0.462. The molecule has 1 aromatic rings. The number of hydrogen-bond donors (Lipinski definition) is 2. The van der Waals surface area contributed by atoms with Gasteiger partial charge in [0.15, 0.2) is 0 Å². The molecule has 2 rings (SSSR count). The molecule has 0 aromatic heterocycles. The second kappa shape index (κ2) is 6.43. The molecular weight excluding hydrogens is 360 g/mol. The number of hydrogen-bond acceptors (Lipinski definition) is 4. The molecule has 2 N–H and O–H groups in total. The predicted octanol–water partition coefficient (Wildman–Crippen LogP) is 1.44. The normalized spacial score (nSPS) is 17.4. The molecule has 1 aliphatic rings. The maximum Gasteiger partial charge on any atom is 0.335 e. The fourth-order valence-electron chi connectivity index (χ4n) is 2.25. The highest BCUT2D eigenvalue weighted by molar-refractivity contribution is 9.10. The molecule has 0 spiro atoms. The number of carboxylic acids is 1. The largest absolute Gasteiger partial charge is 0.478 e. The number of carbonyl (C=O) groups is 1. The van der Waals surface area contributed by atoms with E-state index in [1.54, 1.807) is 6.92 Å². The number of nitrogens with one attached hydrogen (secondary N) is 1. The van der Waals surface area contributed by atoms with E-state index < -0.39 is 16.0 Å². The van der Waals surface area contributed by atoms with Crippen LogP contribution in [0.3, 0.4) is 0 Å². The van der Waals surface area contributed by atoms with Gasteiger partial charge in [-0.05, 0) is 37.6 Å². The molecule has 1 aliphatic heterocycles. The highest BCUT2D eigenvalue weighted by atomic mass is 79.9. The number of carboxylic acid groups (broad SMARTS) is 1. The van der Waals surface area contributed by atoms with E-state index in [2.05, 4.69) is 21.2 Å². The van der Waals surface area contributed by atoms with Crippen LogP contribution in [0.4, 0.5) is 0 Å². The molecule has 0 atom stereocenters. The first kappa shape index (κ1) is 16.4. The van der Waals surface area contributed by atoms with E-state index >= 15 is 0 Å². The number of nitrogens with zero attached hydrogens (tertiary/aromatic N) is 1. The van der Waals surface area contributed by atoms with E-state index in [9.17, 15) is 13.2 Å². The SMILES string of the molecule is Cc1c(Br)cc(C(=O)O)cc1S(=O)(=O)N1CCCNCC1. The summed E-state index contributed by atoms with van der Waals surface area (Å²) in [6, 6.07) is 2.65. The number of aromatic carboxylic acids is 1. The van der Waals surface area contributed by atoms with Crippen molar-refractivity contribution in [3.8, 4) is 0 Å². The van der Waals surface area contributed by atoms with Crippen molar-refractivity contribution in [2.45, 2.75) is 18.2 Å². The van der Waals surface area contributed by atoms with Gasteiger partial charge in [-0.15, -0.1) is 0 Å². The Hall–Kier alpha value is -0.960. The first-order valence-electron chi connectivity index (χ1n) is 6.58. The Kier molecular flexibility index (Phi) is 5.03. The van der Waals surface area contributed by atoms with Crippen LogP contribution in [0.1, 0.15) is 22.3 Å². The second-order valence-electron chi connectivity index (χ2n) is 4.89. The molecule has 0 unspecified atom stereocenters. The zero-order valence-corrected chi connectivity index (χ0v) is 14.0. The molecule has 0 bridgehead atoms. The average Bonchev–Trinajstić information content (AvgIpc) is 2.70. The molecule has 0 aliphatic carbocycles. The average molecular weight is 377 g/mol.